The highest BCUT2D eigenvalue weighted by atomic mass is 32.2. The summed E-state index contributed by atoms with van der Waals surface area (Å²) in [6, 6.07) is 38.8. The first-order valence-electron chi connectivity index (χ1n) is 18.0. The first-order valence-corrected chi connectivity index (χ1v) is 19.2. The Morgan fingerprint density at radius 3 is 0.931 bits per heavy atom. The molecule has 2 aromatic heterocycles. The van der Waals surface area contributed by atoms with Crippen LogP contribution in [0, 0.1) is 34.9 Å². The van der Waals surface area contributed by atoms with Crippen LogP contribution in [0.2, 0.25) is 0 Å². The maximum absolute atomic E-state index is 17.5. The summed E-state index contributed by atoms with van der Waals surface area (Å²) in [7, 11) is -2.62. The SMILES string of the molecule is O=S(C(c1ccc(F)cc1)(c1ccc(F)cc1)c1ccc(F)cc1-c1ccccn1)C(c1ccc(F)cc1)(c1ccc(F)cc1)c1ccc(F)cc1-c1ccccn1. The van der Waals surface area contributed by atoms with E-state index in [2.05, 4.69) is 9.97 Å². The molecule has 0 amide bonds. The molecule has 0 N–H and O–H groups in total. The molecule has 10 heteroatoms. The van der Waals surface area contributed by atoms with Gasteiger partial charge in [-0.25, -0.2) is 26.3 Å². The van der Waals surface area contributed by atoms with Gasteiger partial charge in [0.2, 0.25) is 0 Å². The molecule has 3 nitrogen and oxygen atoms in total. The fourth-order valence-electron chi connectivity index (χ4n) is 7.67. The van der Waals surface area contributed by atoms with E-state index in [4.69, 9.17) is 0 Å². The van der Waals surface area contributed by atoms with Crippen LogP contribution in [0.3, 0.4) is 0 Å². The van der Waals surface area contributed by atoms with E-state index in [0.29, 0.717) is 0 Å². The molecule has 0 radical (unpaired) electrons. The van der Waals surface area contributed by atoms with Gasteiger partial charge < -0.3 is 0 Å². The van der Waals surface area contributed by atoms with E-state index in [1.165, 1.54) is 146 Å². The maximum Gasteiger partial charge on any atom is 0.123 e. The zero-order valence-electron chi connectivity index (χ0n) is 30.3. The molecule has 0 fully saturated rings. The van der Waals surface area contributed by atoms with Gasteiger partial charge in [0.05, 0.1) is 22.2 Å². The first-order chi connectivity index (χ1) is 28.1. The van der Waals surface area contributed by atoms with E-state index in [1.807, 2.05) is 0 Å². The molecule has 0 spiro atoms. The predicted molar refractivity (Wildman–Crippen MR) is 213 cm³/mol. The highest BCUT2D eigenvalue weighted by Gasteiger charge is 2.56. The van der Waals surface area contributed by atoms with Crippen LogP contribution in [0.25, 0.3) is 22.5 Å². The van der Waals surface area contributed by atoms with Crippen LogP contribution in [0.4, 0.5) is 26.3 Å². The molecule has 8 rings (SSSR count). The van der Waals surface area contributed by atoms with Gasteiger partial charge in [-0.05, 0) is 130 Å². The smallest absolute Gasteiger partial charge is 0.123 e. The second-order valence-corrected chi connectivity index (χ2v) is 15.2. The average Bonchev–Trinajstić information content (AvgIpc) is 3.25. The molecule has 0 atom stereocenters. The van der Waals surface area contributed by atoms with Crippen molar-refractivity contribution in [2.24, 2.45) is 0 Å². The Hall–Kier alpha value is -6.65. The predicted octanol–water partition coefficient (Wildman–Crippen LogP) is 11.7. The van der Waals surface area contributed by atoms with Gasteiger partial charge in [-0.3, -0.25) is 14.2 Å². The molecule has 0 unspecified atom stereocenters. The Bertz CT molecular complexity index is 2450. The highest BCUT2D eigenvalue weighted by Crippen LogP contribution is 2.57. The second-order valence-electron chi connectivity index (χ2n) is 13.5. The highest BCUT2D eigenvalue weighted by molar-refractivity contribution is 7.88. The lowest BCUT2D eigenvalue weighted by atomic mass is 9.79. The van der Waals surface area contributed by atoms with Crippen LogP contribution in [0.5, 0.6) is 0 Å². The average molecular weight is 797 g/mol. The zero-order valence-corrected chi connectivity index (χ0v) is 31.1. The van der Waals surface area contributed by atoms with Crippen LogP contribution in [0.1, 0.15) is 33.4 Å². The van der Waals surface area contributed by atoms with Crippen LogP contribution in [-0.4, -0.2) is 14.2 Å². The minimum absolute atomic E-state index is 0.193. The summed E-state index contributed by atoms with van der Waals surface area (Å²) < 4.78 is 105. The van der Waals surface area contributed by atoms with Crippen molar-refractivity contribution < 1.29 is 30.6 Å². The Balaban J connectivity index is 1.64. The summed E-state index contributed by atoms with van der Waals surface area (Å²) in [5, 5.41) is 0. The fraction of sp³-hybridized carbons (Fsp3) is 0.0417. The molecule has 0 saturated carbocycles. The standard InChI is InChI=1S/C48H30F6N2OS/c49-35-15-7-31(8-16-35)47(32-9-17-36(50)18-10-32,43-25-23-39(53)29-41(43)45-5-1-3-27-55-45)58(57)48(33-11-19-37(51)20-12-33,34-13-21-38(52)22-14-34)44-26-24-40(54)30-42(44)46-6-2-4-28-56-46/h1-30H. The molecular weight excluding hydrogens is 767 g/mol. The number of nitrogens with zero attached hydrogens (tertiary/aromatic N) is 2. The van der Waals surface area contributed by atoms with Gasteiger partial charge in [-0.15, -0.1) is 0 Å². The third kappa shape index (κ3) is 6.69. The number of hydrogen-bond donors (Lipinski definition) is 0. The largest absolute Gasteiger partial charge is 0.256 e. The normalized spacial score (nSPS) is 11.8. The number of halogens is 6. The van der Waals surface area contributed by atoms with Gasteiger partial charge in [-0.2, -0.15) is 0 Å². The summed E-state index contributed by atoms with van der Waals surface area (Å²) in [6.07, 6.45) is 3.02. The van der Waals surface area contributed by atoms with Crippen LogP contribution < -0.4 is 0 Å². The Morgan fingerprint density at radius 1 is 0.362 bits per heavy atom. The summed E-state index contributed by atoms with van der Waals surface area (Å²) >= 11 is 0. The van der Waals surface area contributed by atoms with Crippen molar-refractivity contribution in [2.45, 2.75) is 9.49 Å². The van der Waals surface area contributed by atoms with Crippen LogP contribution >= 0.6 is 0 Å². The van der Waals surface area contributed by atoms with Crippen molar-refractivity contribution in [3.63, 3.8) is 0 Å². The van der Waals surface area contributed by atoms with Gasteiger partial charge in [0, 0.05) is 23.5 Å². The summed E-state index contributed by atoms with van der Waals surface area (Å²) in [6.45, 7) is 0. The Kier molecular flexibility index (Phi) is 10.4. The molecule has 286 valence electrons. The van der Waals surface area contributed by atoms with E-state index in [0.717, 1.165) is 0 Å². The summed E-state index contributed by atoms with van der Waals surface area (Å²) in [4.78, 5) is 9.08. The van der Waals surface area contributed by atoms with Crippen molar-refractivity contribution in [2.75, 3.05) is 0 Å². The monoisotopic (exact) mass is 796 g/mol. The van der Waals surface area contributed by atoms with Gasteiger partial charge in [-0.1, -0.05) is 72.8 Å². The van der Waals surface area contributed by atoms with Crippen molar-refractivity contribution in [3.8, 4) is 22.5 Å². The zero-order chi connectivity index (χ0) is 40.4. The van der Waals surface area contributed by atoms with Crippen molar-refractivity contribution >= 4 is 10.8 Å². The minimum atomic E-state index is -2.62. The van der Waals surface area contributed by atoms with Gasteiger partial charge in [0.1, 0.15) is 44.4 Å². The quantitative estimate of drug-likeness (QED) is 0.102. The lowest BCUT2D eigenvalue weighted by Gasteiger charge is -2.46. The molecule has 0 aliphatic heterocycles. The van der Waals surface area contributed by atoms with Crippen molar-refractivity contribution in [1.29, 1.82) is 0 Å². The topological polar surface area (TPSA) is 42.9 Å². The summed E-state index contributed by atoms with van der Waals surface area (Å²) in [5.74, 6) is -3.78. The maximum atomic E-state index is 17.5. The lowest BCUT2D eigenvalue weighted by Crippen LogP contribution is -2.48. The third-order valence-electron chi connectivity index (χ3n) is 10.2. The lowest BCUT2D eigenvalue weighted by molar-refractivity contribution is 0.613. The molecule has 8 aromatic rings. The van der Waals surface area contributed by atoms with Crippen LogP contribution in [0.15, 0.2) is 182 Å². The van der Waals surface area contributed by atoms with Gasteiger partial charge in [0.15, 0.2) is 0 Å². The molecular formula is C48H30F6N2OS. The van der Waals surface area contributed by atoms with E-state index < -0.39 is 55.2 Å². The van der Waals surface area contributed by atoms with Gasteiger partial charge in [0.25, 0.3) is 0 Å². The van der Waals surface area contributed by atoms with E-state index in [1.54, 1.807) is 36.4 Å². The molecule has 58 heavy (non-hydrogen) atoms. The van der Waals surface area contributed by atoms with Crippen LogP contribution in [-0.2, 0) is 20.3 Å². The molecule has 0 aliphatic carbocycles. The molecule has 0 aliphatic rings. The number of rotatable bonds is 10. The number of aromatic nitrogens is 2. The van der Waals surface area contributed by atoms with Gasteiger partial charge >= 0.3 is 0 Å². The third-order valence-corrected chi connectivity index (χ3v) is 12.7. The van der Waals surface area contributed by atoms with Crippen molar-refractivity contribution in [3.05, 3.63) is 251 Å². The number of benzene rings is 6. The van der Waals surface area contributed by atoms with E-state index >= 15 is 30.6 Å². The molecule has 0 saturated heterocycles. The summed E-state index contributed by atoms with van der Waals surface area (Å²) in [5.41, 5.74) is 2.25. The Labute approximate surface area is 332 Å². The number of pyridine rings is 2. The Morgan fingerprint density at radius 2 is 0.655 bits per heavy atom. The van der Waals surface area contributed by atoms with Crippen molar-refractivity contribution in [1.82, 2.24) is 9.97 Å². The molecule has 6 aromatic carbocycles. The fourth-order valence-corrected chi connectivity index (χ4v) is 10.3. The van der Waals surface area contributed by atoms with E-state index in [-0.39, 0.29) is 55.9 Å². The van der Waals surface area contributed by atoms with E-state index in [9.17, 15) is 0 Å². The molecule has 0 bridgehead atoms. The second kappa shape index (κ2) is 15.7. The first kappa shape index (κ1) is 38.2. The number of hydrogen-bond acceptors (Lipinski definition) is 3. The molecule has 2 heterocycles. The minimum Gasteiger partial charge on any atom is -0.256 e.